The molecule has 0 fully saturated rings. The van der Waals surface area contributed by atoms with Crippen molar-refractivity contribution in [1.82, 2.24) is 5.32 Å². The second-order valence-electron chi connectivity index (χ2n) is 7.13. The summed E-state index contributed by atoms with van der Waals surface area (Å²) in [6.45, 7) is 13.9. The summed E-state index contributed by atoms with van der Waals surface area (Å²) in [5.74, 6) is 0.668. The number of rotatable bonds is 8. The number of ether oxygens (including phenoxy) is 1. The third kappa shape index (κ3) is 7.66. The van der Waals surface area contributed by atoms with Crippen LogP contribution in [-0.4, -0.2) is 19.7 Å². The molecule has 1 rings (SSSR count). The minimum absolute atomic E-state index is 0.150. The van der Waals surface area contributed by atoms with Crippen molar-refractivity contribution < 1.29 is 4.74 Å². The molecule has 2 heteroatoms. The minimum atomic E-state index is 0.150. The fourth-order valence-corrected chi connectivity index (χ4v) is 1.95. The van der Waals surface area contributed by atoms with E-state index < -0.39 is 0 Å². The summed E-state index contributed by atoms with van der Waals surface area (Å²) in [5.41, 5.74) is 1.59. The predicted octanol–water partition coefficient (Wildman–Crippen LogP) is 4.43. The lowest BCUT2D eigenvalue weighted by atomic mass is 9.93. The Morgan fingerprint density at radius 3 is 2.25 bits per heavy atom. The van der Waals surface area contributed by atoms with E-state index in [1.807, 2.05) is 0 Å². The van der Waals surface area contributed by atoms with Gasteiger partial charge in [-0.25, -0.2) is 0 Å². The first-order valence-electron chi connectivity index (χ1n) is 7.76. The van der Waals surface area contributed by atoms with Gasteiger partial charge in [0.25, 0.3) is 0 Å². The first kappa shape index (κ1) is 17.2. The molecule has 114 valence electrons. The van der Waals surface area contributed by atoms with E-state index >= 15 is 0 Å². The molecule has 20 heavy (non-hydrogen) atoms. The normalized spacial score (nSPS) is 13.7. The lowest BCUT2D eigenvalue weighted by Gasteiger charge is -2.23. The highest BCUT2D eigenvalue weighted by Crippen LogP contribution is 2.22. The Labute approximate surface area is 124 Å². The van der Waals surface area contributed by atoms with E-state index in [4.69, 9.17) is 4.74 Å². The average molecular weight is 277 g/mol. The van der Waals surface area contributed by atoms with E-state index in [9.17, 15) is 0 Å². The molecular formula is C18H31NO. The van der Waals surface area contributed by atoms with Gasteiger partial charge in [-0.3, -0.25) is 0 Å². The zero-order chi connectivity index (χ0) is 15.0. The van der Waals surface area contributed by atoms with E-state index in [0.29, 0.717) is 11.3 Å². The maximum absolute atomic E-state index is 6.12. The average Bonchev–Trinajstić information content (AvgIpc) is 2.36. The number of benzene rings is 1. The largest absolute Gasteiger partial charge is 0.372 e. The zero-order valence-electron chi connectivity index (χ0n) is 13.8. The van der Waals surface area contributed by atoms with Gasteiger partial charge in [-0.05, 0) is 29.9 Å². The third-order valence-corrected chi connectivity index (χ3v) is 3.22. The van der Waals surface area contributed by atoms with Crippen molar-refractivity contribution in [2.45, 2.75) is 47.1 Å². The van der Waals surface area contributed by atoms with Crippen LogP contribution in [0.1, 0.15) is 52.7 Å². The van der Waals surface area contributed by atoms with Crippen molar-refractivity contribution in [2.24, 2.45) is 11.3 Å². The molecule has 0 aliphatic carbocycles. The second-order valence-corrected chi connectivity index (χ2v) is 7.13. The van der Waals surface area contributed by atoms with Gasteiger partial charge in [-0.2, -0.15) is 0 Å². The lowest BCUT2D eigenvalue weighted by Crippen LogP contribution is -2.27. The quantitative estimate of drug-likeness (QED) is 0.759. The molecular weight excluding hydrogens is 246 g/mol. The van der Waals surface area contributed by atoms with E-state index in [1.165, 1.54) is 5.56 Å². The summed E-state index contributed by atoms with van der Waals surface area (Å²) in [4.78, 5) is 0. The van der Waals surface area contributed by atoms with Crippen LogP contribution in [0.5, 0.6) is 0 Å². The number of nitrogens with one attached hydrogen (secondary N) is 1. The van der Waals surface area contributed by atoms with E-state index in [1.54, 1.807) is 0 Å². The van der Waals surface area contributed by atoms with Crippen molar-refractivity contribution in [2.75, 3.05) is 19.7 Å². The van der Waals surface area contributed by atoms with Crippen molar-refractivity contribution in [1.29, 1.82) is 0 Å². The topological polar surface area (TPSA) is 21.3 Å². The van der Waals surface area contributed by atoms with Crippen LogP contribution in [-0.2, 0) is 4.74 Å². The summed E-state index contributed by atoms with van der Waals surface area (Å²) in [6, 6.07) is 10.5. The Kier molecular flexibility index (Phi) is 7.25. The van der Waals surface area contributed by atoms with Crippen LogP contribution in [0, 0.1) is 11.3 Å². The minimum Gasteiger partial charge on any atom is -0.372 e. The molecule has 1 unspecified atom stereocenters. The highest BCUT2D eigenvalue weighted by atomic mass is 16.5. The smallest absolute Gasteiger partial charge is 0.0949 e. The van der Waals surface area contributed by atoms with E-state index in [-0.39, 0.29) is 6.10 Å². The molecule has 0 spiro atoms. The molecule has 0 radical (unpaired) electrons. The lowest BCUT2D eigenvalue weighted by molar-refractivity contribution is 0.0366. The summed E-state index contributed by atoms with van der Waals surface area (Å²) < 4.78 is 6.12. The second kappa shape index (κ2) is 8.43. The van der Waals surface area contributed by atoms with Crippen molar-refractivity contribution >= 4 is 0 Å². The van der Waals surface area contributed by atoms with Crippen LogP contribution in [0.15, 0.2) is 30.3 Å². The van der Waals surface area contributed by atoms with Gasteiger partial charge in [0.15, 0.2) is 0 Å². The van der Waals surface area contributed by atoms with Crippen LogP contribution >= 0.6 is 0 Å². The first-order valence-corrected chi connectivity index (χ1v) is 7.76. The Morgan fingerprint density at radius 1 is 1.05 bits per heavy atom. The van der Waals surface area contributed by atoms with Crippen LogP contribution in [0.3, 0.4) is 0 Å². The van der Waals surface area contributed by atoms with Gasteiger partial charge in [0.1, 0.15) is 0 Å². The molecule has 0 heterocycles. The van der Waals surface area contributed by atoms with Gasteiger partial charge in [-0.15, -0.1) is 0 Å². The highest BCUT2D eigenvalue weighted by Gasteiger charge is 2.15. The molecule has 0 saturated carbocycles. The molecule has 0 aliphatic rings. The van der Waals surface area contributed by atoms with Crippen LogP contribution in [0.25, 0.3) is 0 Å². The van der Waals surface area contributed by atoms with Crippen molar-refractivity contribution in [3.8, 4) is 0 Å². The molecule has 2 nitrogen and oxygen atoms in total. The molecule has 0 amide bonds. The Morgan fingerprint density at radius 2 is 1.70 bits per heavy atom. The van der Waals surface area contributed by atoms with Gasteiger partial charge in [-0.1, -0.05) is 65.0 Å². The third-order valence-electron chi connectivity index (χ3n) is 3.22. The maximum Gasteiger partial charge on any atom is 0.0949 e. The predicted molar refractivity (Wildman–Crippen MR) is 86.9 cm³/mol. The van der Waals surface area contributed by atoms with E-state index in [0.717, 1.165) is 26.1 Å². The maximum atomic E-state index is 6.12. The van der Waals surface area contributed by atoms with Crippen LogP contribution < -0.4 is 5.32 Å². The zero-order valence-corrected chi connectivity index (χ0v) is 13.8. The van der Waals surface area contributed by atoms with Crippen molar-refractivity contribution in [3.63, 3.8) is 0 Å². The Hall–Kier alpha value is -0.860. The standard InChI is InChI=1S/C18H31NO/c1-15(2)13-19-14-17(16-9-7-6-8-10-16)20-12-11-18(3,4)5/h6-10,15,17,19H,11-14H2,1-5H3. The fraction of sp³-hybridized carbons (Fsp3) is 0.667. The number of hydrogen-bond acceptors (Lipinski definition) is 2. The summed E-state index contributed by atoms with van der Waals surface area (Å²) in [7, 11) is 0. The molecule has 0 aliphatic heterocycles. The van der Waals surface area contributed by atoms with Crippen molar-refractivity contribution in [3.05, 3.63) is 35.9 Å². The molecule has 0 saturated heterocycles. The van der Waals surface area contributed by atoms with Crippen LogP contribution in [0.2, 0.25) is 0 Å². The van der Waals surface area contributed by atoms with Gasteiger partial charge >= 0.3 is 0 Å². The first-order chi connectivity index (χ1) is 9.38. The molecule has 1 aromatic carbocycles. The van der Waals surface area contributed by atoms with Gasteiger partial charge in [0.2, 0.25) is 0 Å². The number of hydrogen-bond donors (Lipinski definition) is 1. The summed E-state index contributed by atoms with van der Waals surface area (Å²) in [6.07, 6.45) is 1.23. The molecule has 1 aromatic rings. The van der Waals surface area contributed by atoms with Gasteiger partial charge in [0, 0.05) is 13.2 Å². The van der Waals surface area contributed by atoms with Gasteiger partial charge in [0.05, 0.1) is 6.10 Å². The van der Waals surface area contributed by atoms with E-state index in [2.05, 4.69) is 70.3 Å². The Bertz CT molecular complexity index is 353. The Balaban J connectivity index is 2.51. The molecule has 0 aromatic heterocycles. The van der Waals surface area contributed by atoms with Crippen LogP contribution in [0.4, 0.5) is 0 Å². The summed E-state index contributed by atoms with van der Waals surface area (Å²) >= 11 is 0. The molecule has 1 N–H and O–H groups in total. The fourth-order valence-electron chi connectivity index (χ4n) is 1.95. The highest BCUT2D eigenvalue weighted by molar-refractivity contribution is 5.17. The van der Waals surface area contributed by atoms with Gasteiger partial charge < -0.3 is 10.1 Å². The molecule has 1 atom stereocenters. The monoisotopic (exact) mass is 277 g/mol. The summed E-state index contributed by atoms with van der Waals surface area (Å²) in [5, 5.41) is 3.51. The SMILES string of the molecule is CC(C)CNCC(OCCC(C)(C)C)c1ccccc1. The molecule has 0 bridgehead atoms.